The van der Waals surface area contributed by atoms with Crippen LogP contribution in [-0.2, 0) is 0 Å². The van der Waals surface area contributed by atoms with Crippen LogP contribution in [0.4, 0.5) is 0 Å². The van der Waals surface area contributed by atoms with Gasteiger partial charge in [-0.05, 0) is 64.6 Å². The van der Waals surface area contributed by atoms with Crippen LogP contribution in [0.1, 0.15) is 16.0 Å². The molecule has 2 aromatic carbocycles. The maximum Gasteiger partial charge on any atom is 0.123 e. The van der Waals surface area contributed by atoms with Gasteiger partial charge in [0.25, 0.3) is 0 Å². The Morgan fingerprint density at radius 1 is 1.00 bits per heavy atom. The fraction of sp³-hybridized carbons (Fsp3) is 0.143. The molecule has 19 heavy (non-hydrogen) atoms. The molecule has 0 saturated carbocycles. The predicted octanol–water partition coefficient (Wildman–Crippen LogP) is 6.31. The van der Waals surface area contributed by atoms with Gasteiger partial charge in [0.2, 0.25) is 0 Å². The van der Waals surface area contributed by atoms with Crippen molar-refractivity contribution in [2.75, 3.05) is 7.11 Å². The molecule has 2 aromatic rings. The van der Waals surface area contributed by atoms with E-state index in [1.807, 2.05) is 18.2 Å². The monoisotopic (exact) mass is 558 g/mol. The Morgan fingerprint density at radius 3 is 2.21 bits per heavy atom. The molecule has 0 N–H and O–H groups in total. The van der Waals surface area contributed by atoms with Gasteiger partial charge in [-0.25, -0.2) is 0 Å². The van der Waals surface area contributed by atoms with Crippen LogP contribution >= 0.6 is 70.4 Å². The topological polar surface area (TPSA) is 9.23 Å². The minimum absolute atomic E-state index is 0.0874. The van der Waals surface area contributed by atoms with E-state index < -0.39 is 0 Å². The van der Waals surface area contributed by atoms with Crippen molar-refractivity contribution in [1.82, 2.24) is 0 Å². The molecule has 1 unspecified atom stereocenters. The Hall–Kier alpha value is 0.410. The summed E-state index contributed by atoms with van der Waals surface area (Å²) in [4.78, 5) is 0.0874. The molecular weight excluding hydrogens is 551 g/mol. The zero-order valence-corrected chi connectivity index (χ0v) is 16.9. The minimum Gasteiger partial charge on any atom is -0.496 e. The molecule has 0 aromatic heterocycles. The molecule has 1 nitrogen and oxygen atoms in total. The van der Waals surface area contributed by atoms with E-state index in [-0.39, 0.29) is 4.83 Å². The Labute approximate surface area is 151 Å². The van der Waals surface area contributed by atoms with Crippen molar-refractivity contribution in [3.63, 3.8) is 0 Å². The van der Waals surface area contributed by atoms with Crippen molar-refractivity contribution in [1.29, 1.82) is 0 Å². The molecule has 0 amide bonds. The lowest BCUT2D eigenvalue weighted by Crippen LogP contribution is -1.99. The summed E-state index contributed by atoms with van der Waals surface area (Å²) in [6.07, 6.45) is 0. The van der Waals surface area contributed by atoms with Gasteiger partial charge in [-0.1, -0.05) is 47.8 Å². The van der Waals surface area contributed by atoms with E-state index in [9.17, 15) is 0 Å². The van der Waals surface area contributed by atoms with Gasteiger partial charge in [-0.15, -0.1) is 0 Å². The molecule has 0 aliphatic heterocycles. The van der Waals surface area contributed by atoms with E-state index in [2.05, 4.69) is 88.6 Å². The zero-order chi connectivity index (χ0) is 14.0. The quantitative estimate of drug-likeness (QED) is 0.316. The Morgan fingerprint density at radius 2 is 1.58 bits per heavy atom. The summed E-state index contributed by atoms with van der Waals surface area (Å²) in [6, 6.07) is 12.3. The van der Waals surface area contributed by atoms with Gasteiger partial charge in [0.1, 0.15) is 5.75 Å². The maximum absolute atomic E-state index is 5.45. The van der Waals surface area contributed by atoms with Crippen molar-refractivity contribution < 1.29 is 4.74 Å². The summed E-state index contributed by atoms with van der Waals surface area (Å²) in [6.45, 7) is 0. The maximum atomic E-state index is 5.45. The molecule has 0 saturated heterocycles. The third kappa shape index (κ3) is 3.74. The lowest BCUT2D eigenvalue weighted by Gasteiger charge is -2.17. The first kappa shape index (κ1) is 15.8. The summed E-state index contributed by atoms with van der Waals surface area (Å²) < 4.78 is 8.77. The highest BCUT2D eigenvalue weighted by Gasteiger charge is 2.18. The Balaban J connectivity index is 2.51. The van der Waals surface area contributed by atoms with Crippen LogP contribution in [0.25, 0.3) is 0 Å². The fourth-order valence-electron chi connectivity index (χ4n) is 1.78. The van der Waals surface area contributed by atoms with Gasteiger partial charge in [-0.3, -0.25) is 0 Å². The third-order valence-electron chi connectivity index (χ3n) is 2.70. The summed E-state index contributed by atoms with van der Waals surface area (Å²) >= 11 is 13.2. The van der Waals surface area contributed by atoms with Gasteiger partial charge >= 0.3 is 0 Å². The van der Waals surface area contributed by atoms with Gasteiger partial charge in [0.05, 0.1) is 11.9 Å². The van der Waals surface area contributed by atoms with E-state index in [0.717, 1.165) is 20.3 Å². The van der Waals surface area contributed by atoms with Crippen LogP contribution in [0.2, 0.25) is 0 Å². The van der Waals surface area contributed by atoms with Crippen LogP contribution in [0.15, 0.2) is 45.3 Å². The average molecular weight is 561 g/mol. The highest BCUT2D eigenvalue weighted by atomic mass is 127. The van der Waals surface area contributed by atoms with Gasteiger partial charge in [0, 0.05) is 18.1 Å². The summed E-state index contributed by atoms with van der Waals surface area (Å²) in [5.74, 6) is 0.876. The molecule has 0 radical (unpaired) electrons. The molecule has 1 atom stereocenters. The number of hydrogen-bond donors (Lipinski definition) is 0. The molecule has 0 fully saturated rings. The molecule has 0 aliphatic rings. The zero-order valence-electron chi connectivity index (χ0n) is 9.96. The molecule has 0 heterocycles. The number of alkyl halides is 1. The van der Waals surface area contributed by atoms with E-state index in [0.29, 0.717) is 0 Å². The number of ether oxygens (including phenoxy) is 1. The summed E-state index contributed by atoms with van der Waals surface area (Å²) in [5.41, 5.74) is 2.32. The van der Waals surface area contributed by atoms with Gasteiger partial charge in [0.15, 0.2) is 0 Å². The van der Waals surface area contributed by atoms with Crippen LogP contribution in [0.3, 0.4) is 0 Å². The number of halogens is 4. The SMILES string of the molecule is COc1ccc(Br)cc1C(Br)c1cc(Br)ccc1I. The molecule has 0 spiro atoms. The number of hydrogen-bond acceptors (Lipinski definition) is 1. The van der Waals surface area contributed by atoms with Crippen molar-refractivity contribution in [3.05, 3.63) is 60.0 Å². The summed E-state index contributed by atoms with van der Waals surface area (Å²) in [5, 5.41) is 0. The largest absolute Gasteiger partial charge is 0.496 e. The average Bonchev–Trinajstić information content (AvgIpc) is 2.40. The number of benzene rings is 2. The number of methoxy groups -OCH3 is 1. The van der Waals surface area contributed by atoms with Crippen LogP contribution in [-0.4, -0.2) is 7.11 Å². The van der Waals surface area contributed by atoms with Crippen molar-refractivity contribution >= 4 is 70.4 Å². The molecule has 100 valence electrons. The van der Waals surface area contributed by atoms with Crippen molar-refractivity contribution in [2.45, 2.75) is 4.83 Å². The molecule has 5 heteroatoms. The second-order valence-electron chi connectivity index (χ2n) is 3.91. The second-order valence-corrected chi connectivity index (χ2v) is 7.82. The lowest BCUT2D eigenvalue weighted by molar-refractivity contribution is 0.410. The molecular formula is C14H10Br3IO. The first-order chi connectivity index (χ1) is 9.02. The number of rotatable bonds is 3. The molecule has 0 aliphatic carbocycles. The summed E-state index contributed by atoms with van der Waals surface area (Å²) in [7, 11) is 1.69. The molecule has 0 bridgehead atoms. The van der Waals surface area contributed by atoms with E-state index in [1.165, 1.54) is 9.13 Å². The standard InChI is InChI=1S/C14H10Br3IO/c1-19-13-5-3-9(16)7-11(13)14(17)10-6-8(15)2-4-12(10)18/h2-7,14H,1H3. The Bertz CT molecular complexity index is 601. The van der Waals surface area contributed by atoms with Crippen LogP contribution < -0.4 is 4.74 Å². The second kappa shape index (κ2) is 6.91. The highest BCUT2D eigenvalue weighted by molar-refractivity contribution is 14.1. The fourth-order valence-corrected chi connectivity index (χ4v) is 4.35. The van der Waals surface area contributed by atoms with E-state index in [1.54, 1.807) is 7.11 Å². The molecule has 2 rings (SSSR count). The predicted molar refractivity (Wildman–Crippen MR) is 98.3 cm³/mol. The smallest absolute Gasteiger partial charge is 0.123 e. The third-order valence-corrected chi connectivity index (χ3v) is 5.65. The Kier molecular flexibility index (Phi) is 5.75. The first-order valence-corrected chi connectivity index (χ1v) is 9.03. The van der Waals surface area contributed by atoms with Crippen LogP contribution in [0.5, 0.6) is 5.75 Å². The highest BCUT2D eigenvalue weighted by Crippen LogP contribution is 2.40. The normalized spacial score (nSPS) is 12.3. The van der Waals surface area contributed by atoms with Crippen LogP contribution in [0, 0.1) is 3.57 Å². The van der Waals surface area contributed by atoms with Crippen molar-refractivity contribution in [3.8, 4) is 5.75 Å². The van der Waals surface area contributed by atoms with Gasteiger partial charge in [-0.2, -0.15) is 0 Å². The van der Waals surface area contributed by atoms with E-state index in [4.69, 9.17) is 4.74 Å². The van der Waals surface area contributed by atoms with E-state index >= 15 is 0 Å². The lowest BCUT2D eigenvalue weighted by atomic mass is 10.0. The van der Waals surface area contributed by atoms with Gasteiger partial charge < -0.3 is 4.74 Å². The van der Waals surface area contributed by atoms with Crippen molar-refractivity contribution in [2.24, 2.45) is 0 Å². The minimum atomic E-state index is 0.0874. The first-order valence-electron chi connectivity index (χ1n) is 5.45.